The van der Waals surface area contributed by atoms with Crippen molar-refractivity contribution in [1.29, 1.82) is 0 Å². The molecule has 26 heavy (non-hydrogen) atoms. The van der Waals surface area contributed by atoms with Crippen molar-refractivity contribution in [3.8, 4) is 0 Å². The summed E-state index contributed by atoms with van der Waals surface area (Å²) in [5.74, 6) is 0.279. The molecule has 2 aromatic rings. The Labute approximate surface area is 154 Å². The summed E-state index contributed by atoms with van der Waals surface area (Å²) in [6.07, 6.45) is 2.34. The third-order valence-electron chi connectivity index (χ3n) is 5.66. The van der Waals surface area contributed by atoms with E-state index in [1.165, 1.54) is 7.11 Å². The van der Waals surface area contributed by atoms with Gasteiger partial charge in [-0.3, -0.25) is 4.79 Å². The van der Waals surface area contributed by atoms with Crippen molar-refractivity contribution in [1.82, 2.24) is 15.0 Å². The first-order valence-corrected chi connectivity index (χ1v) is 9.36. The van der Waals surface area contributed by atoms with Crippen LogP contribution in [0.1, 0.15) is 52.5 Å². The van der Waals surface area contributed by atoms with E-state index in [1.807, 2.05) is 24.3 Å². The fraction of sp³-hybridized carbons (Fsp3) is 0.650. The van der Waals surface area contributed by atoms with E-state index in [1.54, 1.807) is 4.80 Å². The summed E-state index contributed by atoms with van der Waals surface area (Å²) in [4.78, 5) is 13.3. The van der Waals surface area contributed by atoms with E-state index in [-0.39, 0.29) is 23.3 Å². The Morgan fingerprint density at radius 3 is 2.38 bits per heavy atom. The molecule has 1 aromatic heterocycles. The van der Waals surface area contributed by atoms with Crippen LogP contribution in [0.4, 0.5) is 0 Å². The van der Waals surface area contributed by atoms with Crippen molar-refractivity contribution < 1.29 is 14.6 Å². The lowest BCUT2D eigenvalue weighted by atomic mass is 9.65. The number of ether oxygens (including phenoxy) is 1. The van der Waals surface area contributed by atoms with Crippen LogP contribution in [-0.2, 0) is 9.53 Å². The van der Waals surface area contributed by atoms with Gasteiger partial charge in [0.05, 0.1) is 19.3 Å². The summed E-state index contributed by atoms with van der Waals surface area (Å²) in [6.45, 7) is 6.48. The fourth-order valence-corrected chi connectivity index (χ4v) is 4.13. The second-order valence-electron chi connectivity index (χ2n) is 8.49. The van der Waals surface area contributed by atoms with Crippen molar-refractivity contribution in [3.63, 3.8) is 0 Å². The quantitative estimate of drug-likeness (QED) is 0.847. The van der Waals surface area contributed by atoms with Gasteiger partial charge in [0.2, 0.25) is 0 Å². The van der Waals surface area contributed by atoms with Crippen molar-refractivity contribution in [2.45, 2.75) is 58.6 Å². The van der Waals surface area contributed by atoms with E-state index in [4.69, 9.17) is 4.74 Å². The largest absolute Gasteiger partial charge is 0.469 e. The van der Waals surface area contributed by atoms with Gasteiger partial charge in [0.15, 0.2) is 0 Å². The van der Waals surface area contributed by atoms with Gasteiger partial charge in [0.25, 0.3) is 0 Å². The van der Waals surface area contributed by atoms with Crippen LogP contribution in [0.25, 0.3) is 11.0 Å². The zero-order chi connectivity index (χ0) is 18.9. The Bertz CT molecular complexity index is 732. The average molecular weight is 359 g/mol. The van der Waals surface area contributed by atoms with Crippen LogP contribution in [-0.4, -0.2) is 39.3 Å². The molecule has 142 valence electrons. The minimum absolute atomic E-state index is 0.0336. The van der Waals surface area contributed by atoms with Gasteiger partial charge in [-0.2, -0.15) is 15.0 Å². The molecule has 1 aliphatic carbocycles. The van der Waals surface area contributed by atoms with Crippen molar-refractivity contribution in [3.05, 3.63) is 24.3 Å². The predicted octanol–water partition coefficient (Wildman–Crippen LogP) is 3.36. The molecule has 4 atom stereocenters. The lowest BCUT2D eigenvalue weighted by Crippen LogP contribution is -2.45. The van der Waals surface area contributed by atoms with Gasteiger partial charge in [0, 0.05) is 6.42 Å². The zero-order valence-corrected chi connectivity index (χ0v) is 16.1. The summed E-state index contributed by atoms with van der Waals surface area (Å²) in [6, 6.07) is 7.57. The maximum Gasteiger partial charge on any atom is 0.305 e. The Hall–Kier alpha value is -1.95. The number of nitrogens with zero attached hydrogens (tertiary/aromatic N) is 3. The third kappa shape index (κ3) is 3.90. The number of carbonyl (C=O) groups is 1. The van der Waals surface area contributed by atoms with Crippen LogP contribution in [0.2, 0.25) is 0 Å². The second kappa shape index (κ2) is 7.35. The molecule has 1 N–H and O–H groups in total. The molecule has 0 bridgehead atoms. The molecule has 1 fully saturated rings. The van der Waals surface area contributed by atoms with Crippen molar-refractivity contribution >= 4 is 17.0 Å². The maximum atomic E-state index is 11.6. The number of hydrogen-bond acceptors (Lipinski definition) is 5. The number of methoxy groups -OCH3 is 1. The summed E-state index contributed by atoms with van der Waals surface area (Å²) in [5, 5.41) is 20.3. The molecule has 1 saturated carbocycles. The number of fused-ring (bicyclic) bond motifs is 1. The molecule has 4 unspecified atom stereocenters. The lowest BCUT2D eigenvalue weighted by molar-refractivity contribution is -0.141. The van der Waals surface area contributed by atoms with Gasteiger partial charge in [0.1, 0.15) is 11.0 Å². The highest BCUT2D eigenvalue weighted by Gasteiger charge is 2.43. The standard InChI is InChI=1S/C20H29N3O3/c1-20(2,3)14-11-13(9-10-18(24)26-4)12-17(19(14)25)23-21-15-7-5-6-8-16(15)22-23/h5-8,13-14,17,19,25H,9-12H2,1-4H3. The smallest absolute Gasteiger partial charge is 0.305 e. The molecular formula is C20H29N3O3. The SMILES string of the molecule is COC(=O)CCC1CC(n2nc3ccccc3n2)C(O)C(C(C)(C)C)C1. The number of hydrogen-bond donors (Lipinski definition) is 1. The van der Waals surface area contributed by atoms with E-state index in [2.05, 4.69) is 31.0 Å². The number of aromatic nitrogens is 3. The zero-order valence-electron chi connectivity index (χ0n) is 16.1. The normalized spacial score (nSPS) is 26.8. The Morgan fingerprint density at radius 2 is 1.85 bits per heavy atom. The molecule has 1 aliphatic rings. The Morgan fingerprint density at radius 1 is 1.23 bits per heavy atom. The first-order chi connectivity index (χ1) is 12.3. The molecule has 3 rings (SSSR count). The van der Waals surface area contributed by atoms with E-state index in [0.29, 0.717) is 12.3 Å². The monoisotopic (exact) mass is 359 g/mol. The fourth-order valence-electron chi connectivity index (χ4n) is 4.13. The minimum Gasteiger partial charge on any atom is -0.469 e. The third-order valence-corrected chi connectivity index (χ3v) is 5.66. The average Bonchev–Trinajstić information content (AvgIpc) is 3.03. The van der Waals surface area contributed by atoms with Crippen LogP contribution in [0.3, 0.4) is 0 Å². The lowest BCUT2D eigenvalue weighted by Gasteiger charge is -2.44. The van der Waals surface area contributed by atoms with Crippen LogP contribution < -0.4 is 0 Å². The van der Waals surface area contributed by atoms with Crippen LogP contribution in [0.5, 0.6) is 0 Å². The predicted molar refractivity (Wildman–Crippen MR) is 99.5 cm³/mol. The van der Waals surface area contributed by atoms with E-state index < -0.39 is 6.10 Å². The van der Waals surface area contributed by atoms with Crippen molar-refractivity contribution in [2.75, 3.05) is 7.11 Å². The van der Waals surface area contributed by atoms with E-state index >= 15 is 0 Å². The summed E-state index contributed by atoms with van der Waals surface area (Å²) >= 11 is 0. The number of rotatable bonds is 4. The van der Waals surface area contributed by atoms with Gasteiger partial charge < -0.3 is 9.84 Å². The molecule has 1 aromatic carbocycles. The molecule has 0 radical (unpaired) electrons. The molecule has 0 amide bonds. The van der Waals surface area contributed by atoms with Gasteiger partial charge in [-0.05, 0) is 48.6 Å². The van der Waals surface area contributed by atoms with Crippen molar-refractivity contribution in [2.24, 2.45) is 17.3 Å². The van der Waals surface area contributed by atoms with Crippen LogP contribution in [0.15, 0.2) is 24.3 Å². The molecular weight excluding hydrogens is 330 g/mol. The van der Waals surface area contributed by atoms with E-state index in [0.717, 1.165) is 30.3 Å². The highest BCUT2D eigenvalue weighted by atomic mass is 16.5. The highest BCUT2D eigenvalue weighted by Crippen LogP contribution is 2.45. The summed E-state index contributed by atoms with van der Waals surface area (Å²) in [5.41, 5.74) is 1.64. The van der Waals surface area contributed by atoms with Gasteiger partial charge >= 0.3 is 5.97 Å². The molecule has 0 saturated heterocycles. The molecule has 6 nitrogen and oxygen atoms in total. The number of esters is 1. The molecule has 0 aliphatic heterocycles. The first kappa shape index (κ1) is 18.8. The minimum atomic E-state index is -0.508. The second-order valence-corrected chi connectivity index (χ2v) is 8.49. The number of aliphatic hydroxyl groups is 1. The molecule has 6 heteroatoms. The maximum absolute atomic E-state index is 11.6. The summed E-state index contributed by atoms with van der Waals surface area (Å²) in [7, 11) is 1.42. The Kier molecular flexibility index (Phi) is 5.32. The molecule has 0 spiro atoms. The van der Waals surface area contributed by atoms with Gasteiger partial charge in [-0.25, -0.2) is 0 Å². The number of carbonyl (C=O) groups excluding carboxylic acids is 1. The Balaban J connectivity index is 1.87. The van der Waals surface area contributed by atoms with Crippen LogP contribution >= 0.6 is 0 Å². The van der Waals surface area contributed by atoms with Crippen LogP contribution in [0, 0.1) is 17.3 Å². The van der Waals surface area contributed by atoms with Gasteiger partial charge in [-0.15, -0.1) is 0 Å². The van der Waals surface area contributed by atoms with Gasteiger partial charge in [-0.1, -0.05) is 32.9 Å². The first-order valence-electron chi connectivity index (χ1n) is 9.36. The number of aliphatic hydroxyl groups excluding tert-OH is 1. The summed E-state index contributed by atoms with van der Waals surface area (Å²) < 4.78 is 4.79. The molecule has 1 heterocycles. The van der Waals surface area contributed by atoms with E-state index in [9.17, 15) is 9.90 Å². The number of benzene rings is 1. The topological polar surface area (TPSA) is 77.2 Å². The highest BCUT2D eigenvalue weighted by molar-refractivity contribution is 5.73.